The topological polar surface area (TPSA) is 149 Å². The number of carboxylic acid groups (broad SMARTS) is 1. The summed E-state index contributed by atoms with van der Waals surface area (Å²) >= 11 is 22.4. The maximum atomic E-state index is 12.4. The third kappa shape index (κ3) is 8.58. The van der Waals surface area contributed by atoms with Crippen molar-refractivity contribution in [3.63, 3.8) is 0 Å². The van der Waals surface area contributed by atoms with E-state index >= 15 is 0 Å². The Bertz CT molecular complexity index is 932. The number of nitrogens with zero attached hydrogens (tertiary/aromatic N) is 1. The van der Waals surface area contributed by atoms with Gasteiger partial charge in [0.2, 0.25) is 14.4 Å². The van der Waals surface area contributed by atoms with E-state index in [0.717, 1.165) is 0 Å². The molecule has 0 aromatic heterocycles. The number of thioether (sulfide) groups is 1. The number of hydrogen-bond donors (Lipinski definition) is 2. The zero-order chi connectivity index (χ0) is 25.5. The van der Waals surface area contributed by atoms with Crippen LogP contribution in [0, 0.1) is 0 Å². The van der Waals surface area contributed by atoms with Gasteiger partial charge in [-0.1, -0.05) is 76.4 Å². The molecule has 186 valence electrons. The number of ether oxygens (including phenoxy) is 3. The van der Waals surface area contributed by atoms with E-state index < -0.39 is 69.6 Å². The monoisotopic (exact) mass is 576 g/mol. The van der Waals surface area contributed by atoms with Crippen molar-refractivity contribution in [3.05, 3.63) is 30.3 Å². The molecule has 2 amide bonds. The number of benzene rings is 1. The largest absolute Gasteiger partial charge is 0.508 e. The lowest BCUT2D eigenvalue weighted by atomic mass is 10.1. The van der Waals surface area contributed by atoms with E-state index in [1.165, 1.54) is 0 Å². The first kappa shape index (κ1) is 28.1. The highest BCUT2D eigenvalue weighted by molar-refractivity contribution is 8.14. The van der Waals surface area contributed by atoms with E-state index in [9.17, 15) is 24.0 Å². The second-order valence-corrected chi connectivity index (χ2v) is 10.5. The summed E-state index contributed by atoms with van der Waals surface area (Å²) < 4.78 is 12.5. The number of rotatable bonds is 10. The summed E-state index contributed by atoms with van der Waals surface area (Å²) in [4.78, 5) is 60.2. The van der Waals surface area contributed by atoms with E-state index in [-0.39, 0.29) is 0 Å². The molecule has 3 atom stereocenters. The number of carbonyl (C=O) groups is 5. The van der Waals surface area contributed by atoms with Crippen molar-refractivity contribution in [1.29, 1.82) is 0 Å². The summed E-state index contributed by atoms with van der Waals surface area (Å²) in [5, 5.41) is 9.48. The molecule has 0 saturated carbocycles. The van der Waals surface area contributed by atoms with Crippen molar-refractivity contribution in [2.75, 3.05) is 19.8 Å². The Kier molecular flexibility index (Phi) is 10.4. The smallest absolute Gasteiger partial charge is 0.484 e. The normalized spacial score (nSPS) is 18.4. The molecule has 0 aliphatic carbocycles. The molecule has 16 heteroatoms. The maximum absolute atomic E-state index is 12.4. The molecular formula is C18H16Cl4N2O9S. The predicted octanol–water partition coefficient (Wildman–Crippen LogP) is 2.15. The number of likely N-dealkylation sites (tertiary alicyclic amines) is 1. The van der Waals surface area contributed by atoms with Crippen LogP contribution in [-0.4, -0.2) is 79.6 Å². The van der Waals surface area contributed by atoms with E-state index in [1.807, 2.05) is 0 Å². The quantitative estimate of drug-likeness (QED) is 0.183. The van der Waals surface area contributed by atoms with Gasteiger partial charge >= 0.3 is 12.1 Å². The highest BCUT2D eigenvalue weighted by Crippen LogP contribution is 2.34. The zero-order valence-corrected chi connectivity index (χ0v) is 20.7. The number of alkyl halides is 4. The van der Waals surface area contributed by atoms with Crippen LogP contribution < -0.4 is 10.1 Å². The number of β-lactam (4-membered cyclic amide) rings is 1. The number of aliphatic carboxylic acids is 1. The average molecular weight is 578 g/mol. The molecule has 1 saturated heterocycles. The molecule has 1 aliphatic heterocycles. The van der Waals surface area contributed by atoms with Gasteiger partial charge in [0.15, 0.2) is 13.2 Å². The molecule has 11 nitrogen and oxygen atoms in total. The molecule has 0 radical (unpaired) electrons. The first-order valence-electron chi connectivity index (χ1n) is 9.11. The Morgan fingerprint density at radius 3 is 2.35 bits per heavy atom. The number of carbonyl (C=O) groups excluding carboxylic acids is 4. The molecule has 0 bridgehead atoms. The summed E-state index contributed by atoms with van der Waals surface area (Å²) in [6.45, 7) is -1.89. The van der Waals surface area contributed by atoms with Crippen LogP contribution in [0.2, 0.25) is 0 Å². The van der Waals surface area contributed by atoms with E-state index in [0.29, 0.717) is 22.4 Å². The summed E-state index contributed by atoms with van der Waals surface area (Å²) in [5.74, 6) is -2.67. The maximum Gasteiger partial charge on any atom is 0.508 e. The lowest BCUT2D eigenvalue weighted by Crippen LogP contribution is -2.72. The van der Waals surface area contributed by atoms with E-state index in [4.69, 9.17) is 56.2 Å². The summed E-state index contributed by atoms with van der Waals surface area (Å²) in [6, 6.07) is 7.09. The van der Waals surface area contributed by atoms with Gasteiger partial charge in [-0.2, -0.15) is 0 Å². The van der Waals surface area contributed by atoms with Crippen LogP contribution in [0.5, 0.6) is 5.75 Å². The molecule has 1 heterocycles. The van der Waals surface area contributed by atoms with Crippen molar-refractivity contribution in [1.82, 2.24) is 10.2 Å². The van der Waals surface area contributed by atoms with Crippen LogP contribution in [0.15, 0.2) is 30.3 Å². The molecule has 34 heavy (non-hydrogen) atoms. The van der Waals surface area contributed by atoms with Gasteiger partial charge in [0, 0.05) is 0 Å². The van der Waals surface area contributed by atoms with Crippen LogP contribution >= 0.6 is 58.2 Å². The van der Waals surface area contributed by atoms with Crippen LogP contribution in [0.1, 0.15) is 0 Å². The average Bonchev–Trinajstić information content (AvgIpc) is 2.78. The Morgan fingerprint density at radius 2 is 1.76 bits per heavy atom. The molecule has 2 rings (SSSR count). The number of para-hydroxylation sites is 1. The van der Waals surface area contributed by atoms with Gasteiger partial charge in [0.25, 0.3) is 11.8 Å². The van der Waals surface area contributed by atoms with E-state index in [1.54, 1.807) is 30.3 Å². The summed E-state index contributed by atoms with van der Waals surface area (Å²) in [6.07, 6.45) is -1.30. The lowest BCUT2D eigenvalue weighted by molar-refractivity contribution is -0.157. The second-order valence-electron chi connectivity index (χ2n) is 6.39. The Morgan fingerprint density at radius 1 is 1.12 bits per heavy atom. The van der Waals surface area contributed by atoms with Crippen LogP contribution in [-0.2, 0) is 28.7 Å². The zero-order valence-electron chi connectivity index (χ0n) is 16.8. The number of halogens is 4. The standard InChI is InChI=1S/C18H16Cl4N2O9S/c19-13(16(28)29)24-14(27)12(23-10(25)6-31-9-4-2-1-3-5-9)15(24)34-11(26)7-32-17(30)33-8-18(20,21)22/h1-5,12-13,15H,6-8H2,(H,23,25)(H,28,29). The lowest BCUT2D eigenvalue weighted by Gasteiger charge is -2.47. The van der Waals surface area contributed by atoms with Gasteiger partial charge in [0.05, 0.1) is 0 Å². The molecule has 3 unspecified atom stereocenters. The van der Waals surface area contributed by atoms with Crippen LogP contribution in [0.4, 0.5) is 4.79 Å². The molecular weight excluding hydrogens is 562 g/mol. The Labute approximate surface area is 216 Å². The number of amides is 2. The molecule has 1 aromatic carbocycles. The minimum Gasteiger partial charge on any atom is -0.484 e. The van der Waals surface area contributed by atoms with Gasteiger partial charge in [0.1, 0.15) is 23.8 Å². The van der Waals surface area contributed by atoms with Gasteiger partial charge in [-0.05, 0) is 12.1 Å². The van der Waals surface area contributed by atoms with Gasteiger partial charge in [-0.25, -0.2) is 9.59 Å². The molecule has 1 fully saturated rings. The number of nitrogens with one attached hydrogen (secondary N) is 1. The van der Waals surface area contributed by atoms with Crippen molar-refractivity contribution in [2.24, 2.45) is 0 Å². The minimum absolute atomic E-state index is 0.408. The highest BCUT2D eigenvalue weighted by atomic mass is 35.6. The second kappa shape index (κ2) is 12.5. The Balaban J connectivity index is 1.94. The minimum atomic E-state index is -1.88. The van der Waals surface area contributed by atoms with Crippen LogP contribution in [0.25, 0.3) is 0 Å². The highest BCUT2D eigenvalue weighted by Gasteiger charge is 2.54. The van der Waals surface area contributed by atoms with Crippen molar-refractivity contribution in [3.8, 4) is 5.75 Å². The molecule has 2 N–H and O–H groups in total. The third-order valence-electron chi connectivity index (χ3n) is 3.87. The Hall–Kier alpha value is -2.12. The fourth-order valence-corrected chi connectivity index (χ4v) is 3.96. The summed E-state index contributed by atoms with van der Waals surface area (Å²) in [7, 11) is 0. The molecule has 0 spiro atoms. The predicted molar refractivity (Wildman–Crippen MR) is 122 cm³/mol. The van der Waals surface area contributed by atoms with Crippen molar-refractivity contribution in [2.45, 2.75) is 20.7 Å². The SMILES string of the molecule is O=C(COc1ccccc1)NC1C(=O)N(C(Cl)C(=O)O)C1SC(=O)COC(=O)OCC(Cl)(Cl)Cl. The fourth-order valence-electron chi connectivity index (χ4n) is 2.45. The van der Waals surface area contributed by atoms with Gasteiger partial charge < -0.3 is 24.6 Å². The summed E-state index contributed by atoms with van der Waals surface area (Å²) in [5.41, 5.74) is -1.80. The van der Waals surface area contributed by atoms with Gasteiger partial charge in [-0.3, -0.25) is 19.3 Å². The first-order chi connectivity index (χ1) is 15.9. The number of carboxylic acids is 1. The van der Waals surface area contributed by atoms with Crippen LogP contribution in [0.3, 0.4) is 0 Å². The molecule has 1 aromatic rings. The van der Waals surface area contributed by atoms with Crippen molar-refractivity contribution >= 4 is 87.2 Å². The first-order valence-corrected chi connectivity index (χ1v) is 11.6. The van der Waals surface area contributed by atoms with E-state index in [2.05, 4.69) is 14.8 Å². The van der Waals surface area contributed by atoms with Gasteiger partial charge in [-0.15, -0.1) is 0 Å². The molecule has 1 aliphatic rings. The number of hydrogen-bond acceptors (Lipinski definition) is 9. The fraction of sp³-hybridized carbons (Fsp3) is 0.389. The van der Waals surface area contributed by atoms with Crippen molar-refractivity contribution < 1.29 is 43.3 Å². The third-order valence-corrected chi connectivity index (χ3v) is 5.72.